The molecule has 4 aromatic carbocycles. The standard InChI is InChI=1S/C36H35ClN6O2/c1-24-19-29-21-31(36(44)38-33(29)20-25(24)2)34(35-39-40-41-43(35)18-17-26-9-5-4-6-10-26)42(23-28-11-7-8-12-32(28)37)22-27-13-15-30(45-3)16-14-27/h4-16,19-21,34H,17-18,22-23H2,1-3H3,(H,38,44). The topological polar surface area (TPSA) is 88.9 Å². The van der Waals surface area contributed by atoms with Gasteiger partial charge in [0.15, 0.2) is 5.82 Å². The SMILES string of the molecule is COc1ccc(CN(Cc2ccccc2Cl)C(c2cc3cc(C)c(C)cc3[nH]c2=O)c2nnnn2CCc2ccccc2)cc1. The molecule has 228 valence electrons. The number of aryl methyl sites for hydroxylation is 4. The number of aromatic amines is 1. The van der Waals surface area contributed by atoms with Gasteiger partial charge < -0.3 is 9.72 Å². The predicted molar refractivity (Wildman–Crippen MR) is 178 cm³/mol. The van der Waals surface area contributed by atoms with E-state index in [4.69, 9.17) is 16.3 Å². The van der Waals surface area contributed by atoms with Gasteiger partial charge in [0.2, 0.25) is 0 Å². The van der Waals surface area contributed by atoms with Crippen molar-refractivity contribution in [3.8, 4) is 5.75 Å². The molecule has 0 bridgehead atoms. The van der Waals surface area contributed by atoms with Gasteiger partial charge in [-0.3, -0.25) is 9.69 Å². The molecular weight excluding hydrogens is 584 g/mol. The summed E-state index contributed by atoms with van der Waals surface area (Å²) in [6.45, 7) is 5.62. The van der Waals surface area contributed by atoms with Crippen molar-refractivity contribution in [2.75, 3.05) is 7.11 Å². The lowest BCUT2D eigenvalue weighted by Gasteiger charge is -2.31. The highest BCUT2D eigenvalue weighted by Crippen LogP contribution is 2.32. The van der Waals surface area contributed by atoms with Crippen LogP contribution >= 0.6 is 11.6 Å². The van der Waals surface area contributed by atoms with E-state index in [0.29, 0.717) is 36.0 Å². The van der Waals surface area contributed by atoms with E-state index in [1.54, 1.807) is 7.11 Å². The average Bonchev–Trinajstić information content (AvgIpc) is 3.51. The molecule has 0 aliphatic rings. The van der Waals surface area contributed by atoms with E-state index in [0.717, 1.165) is 45.3 Å². The molecule has 45 heavy (non-hydrogen) atoms. The molecule has 0 aliphatic heterocycles. The van der Waals surface area contributed by atoms with Gasteiger partial charge in [0, 0.05) is 35.7 Å². The van der Waals surface area contributed by atoms with Gasteiger partial charge in [0.25, 0.3) is 5.56 Å². The van der Waals surface area contributed by atoms with Gasteiger partial charge >= 0.3 is 0 Å². The molecule has 6 rings (SSSR count). The van der Waals surface area contributed by atoms with Gasteiger partial charge in [-0.15, -0.1) is 5.10 Å². The van der Waals surface area contributed by atoms with Crippen molar-refractivity contribution in [3.63, 3.8) is 0 Å². The van der Waals surface area contributed by atoms with Crippen LogP contribution in [0.2, 0.25) is 5.02 Å². The number of H-pyrrole nitrogens is 1. The number of methoxy groups -OCH3 is 1. The number of benzene rings is 4. The van der Waals surface area contributed by atoms with Crippen molar-refractivity contribution < 1.29 is 4.74 Å². The first kappa shape index (κ1) is 30.2. The number of halogens is 1. The lowest BCUT2D eigenvalue weighted by molar-refractivity contribution is 0.193. The smallest absolute Gasteiger partial charge is 0.253 e. The summed E-state index contributed by atoms with van der Waals surface area (Å²) < 4.78 is 7.22. The number of tetrazole rings is 1. The number of fused-ring (bicyclic) bond motifs is 1. The van der Waals surface area contributed by atoms with Gasteiger partial charge in [0.1, 0.15) is 11.8 Å². The molecule has 0 radical (unpaired) electrons. The highest BCUT2D eigenvalue weighted by atomic mass is 35.5. The van der Waals surface area contributed by atoms with E-state index in [2.05, 4.69) is 50.5 Å². The van der Waals surface area contributed by atoms with Crippen LogP contribution in [0, 0.1) is 13.8 Å². The molecule has 1 unspecified atom stereocenters. The van der Waals surface area contributed by atoms with Crippen LogP contribution in [0.5, 0.6) is 5.75 Å². The lowest BCUT2D eigenvalue weighted by Crippen LogP contribution is -2.35. The van der Waals surface area contributed by atoms with Gasteiger partial charge in [-0.1, -0.05) is 72.3 Å². The molecule has 6 aromatic rings. The predicted octanol–water partition coefficient (Wildman–Crippen LogP) is 6.83. The number of pyridine rings is 1. The third-order valence-corrected chi connectivity index (χ3v) is 8.65. The number of nitrogens with zero attached hydrogens (tertiary/aromatic N) is 5. The number of nitrogens with one attached hydrogen (secondary N) is 1. The lowest BCUT2D eigenvalue weighted by atomic mass is 9.99. The second-order valence-electron chi connectivity index (χ2n) is 11.3. The molecule has 9 heteroatoms. The monoisotopic (exact) mass is 618 g/mol. The first-order valence-electron chi connectivity index (χ1n) is 14.9. The molecule has 0 spiro atoms. The Labute approximate surface area is 267 Å². The fraction of sp³-hybridized carbons (Fsp3) is 0.222. The summed E-state index contributed by atoms with van der Waals surface area (Å²) in [5, 5.41) is 14.7. The highest BCUT2D eigenvalue weighted by molar-refractivity contribution is 6.31. The van der Waals surface area contributed by atoms with Crippen molar-refractivity contribution in [1.82, 2.24) is 30.1 Å². The van der Waals surface area contributed by atoms with Crippen LogP contribution < -0.4 is 10.3 Å². The molecule has 0 fully saturated rings. The Hall–Kier alpha value is -4.79. The van der Waals surface area contributed by atoms with Crippen molar-refractivity contribution in [3.05, 3.63) is 152 Å². The van der Waals surface area contributed by atoms with Crippen LogP contribution in [0.3, 0.4) is 0 Å². The van der Waals surface area contributed by atoms with E-state index >= 15 is 0 Å². The zero-order valence-corrected chi connectivity index (χ0v) is 26.3. The zero-order chi connectivity index (χ0) is 31.3. The van der Waals surface area contributed by atoms with Crippen LogP contribution in [0.15, 0.2) is 102 Å². The Morgan fingerprint density at radius 2 is 1.62 bits per heavy atom. The van der Waals surface area contributed by atoms with E-state index in [1.807, 2.05) is 90.5 Å². The molecule has 2 heterocycles. The van der Waals surface area contributed by atoms with Gasteiger partial charge in [-0.25, -0.2) is 4.68 Å². The minimum absolute atomic E-state index is 0.188. The maximum atomic E-state index is 14.0. The van der Waals surface area contributed by atoms with E-state index in [-0.39, 0.29) is 5.56 Å². The second kappa shape index (κ2) is 13.5. The number of hydrogen-bond donors (Lipinski definition) is 1. The molecule has 0 saturated carbocycles. The number of hydrogen-bond acceptors (Lipinski definition) is 6. The Morgan fingerprint density at radius 3 is 2.38 bits per heavy atom. The molecule has 0 aliphatic carbocycles. The molecule has 1 N–H and O–H groups in total. The molecule has 0 amide bonds. The van der Waals surface area contributed by atoms with E-state index in [1.165, 1.54) is 5.56 Å². The Balaban J connectivity index is 1.51. The molecule has 8 nitrogen and oxygen atoms in total. The minimum Gasteiger partial charge on any atom is -0.497 e. The summed E-state index contributed by atoms with van der Waals surface area (Å²) in [5.74, 6) is 1.36. The summed E-state index contributed by atoms with van der Waals surface area (Å²) in [7, 11) is 1.65. The normalized spacial score (nSPS) is 12.1. The van der Waals surface area contributed by atoms with Gasteiger partial charge in [0.05, 0.1) is 7.11 Å². The summed E-state index contributed by atoms with van der Waals surface area (Å²) in [4.78, 5) is 19.4. The fourth-order valence-corrected chi connectivity index (χ4v) is 5.89. The molecule has 0 saturated heterocycles. The van der Waals surface area contributed by atoms with Crippen molar-refractivity contribution >= 4 is 22.5 Å². The summed E-state index contributed by atoms with van der Waals surface area (Å²) >= 11 is 6.72. The zero-order valence-electron chi connectivity index (χ0n) is 25.6. The maximum absolute atomic E-state index is 14.0. The van der Waals surface area contributed by atoms with Gasteiger partial charge in [-0.05, 0) is 100 Å². The Kier molecular flexibility index (Phi) is 9.05. The van der Waals surface area contributed by atoms with E-state index < -0.39 is 6.04 Å². The first-order chi connectivity index (χ1) is 21.9. The summed E-state index contributed by atoms with van der Waals surface area (Å²) in [6, 6.07) is 31.5. The fourth-order valence-electron chi connectivity index (χ4n) is 5.69. The Bertz CT molecular complexity index is 1970. The minimum atomic E-state index is -0.594. The first-order valence-corrected chi connectivity index (χ1v) is 15.3. The second-order valence-corrected chi connectivity index (χ2v) is 11.7. The number of rotatable bonds is 11. The Morgan fingerprint density at radius 1 is 0.889 bits per heavy atom. The maximum Gasteiger partial charge on any atom is 0.253 e. The molecule has 2 aromatic heterocycles. The third kappa shape index (κ3) is 6.82. The van der Waals surface area contributed by atoms with Crippen LogP contribution in [-0.4, -0.2) is 37.2 Å². The summed E-state index contributed by atoms with van der Waals surface area (Å²) in [5.41, 5.74) is 6.58. The van der Waals surface area contributed by atoms with Gasteiger partial charge in [-0.2, -0.15) is 0 Å². The van der Waals surface area contributed by atoms with Crippen molar-refractivity contribution in [2.24, 2.45) is 0 Å². The summed E-state index contributed by atoms with van der Waals surface area (Å²) in [6.07, 6.45) is 0.737. The van der Waals surface area contributed by atoms with Crippen molar-refractivity contribution in [1.29, 1.82) is 0 Å². The highest BCUT2D eigenvalue weighted by Gasteiger charge is 2.31. The third-order valence-electron chi connectivity index (χ3n) is 8.28. The quantitative estimate of drug-likeness (QED) is 0.171. The molecular formula is C36H35ClN6O2. The van der Waals surface area contributed by atoms with Crippen LogP contribution in [0.25, 0.3) is 10.9 Å². The number of aromatic nitrogens is 5. The van der Waals surface area contributed by atoms with Crippen molar-refractivity contribution in [2.45, 2.75) is 45.9 Å². The molecule has 1 atom stereocenters. The van der Waals surface area contributed by atoms with Crippen LogP contribution in [0.4, 0.5) is 0 Å². The van der Waals surface area contributed by atoms with Crippen LogP contribution in [-0.2, 0) is 26.1 Å². The van der Waals surface area contributed by atoms with E-state index in [9.17, 15) is 4.79 Å². The van der Waals surface area contributed by atoms with Crippen LogP contribution in [0.1, 0.15) is 45.2 Å². The average molecular weight is 619 g/mol. The number of ether oxygens (including phenoxy) is 1. The largest absolute Gasteiger partial charge is 0.497 e.